The van der Waals surface area contributed by atoms with Crippen LogP contribution in [0, 0.1) is 5.92 Å². The van der Waals surface area contributed by atoms with E-state index < -0.39 is 0 Å². The molecule has 0 aliphatic heterocycles. The lowest BCUT2D eigenvalue weighted by Gasteiger charge is -2.19. The zero-order valence-corrected chi connectivity index (χ0v) is 16.1. The zero-order chi connectivity index (χ0) is 16.8. The molecule has 22 heavy (non-hydrogen) atoms. The summed E-state index contributed by atoms with van der Waals surface area (Å²) in [4.78, 5) is 0. The van der Waals surface area contributed by atoms with Crippen molar-refractivity contribution in [2.24, 2.45) is 11.1 Å². The molecule has 0 aliphatic carbocycles. The molecule has 0 rings (SSSR count). The van der Waals surface area contributed by atoms with E-state index in [2.05, 4.69) is 40.3 Å². The number of hydrogen-bond donors (Lipinski definition) is 1. The third kappa shape index (κ3) is 9.53. The highest BCUT2D eigenvalue weighted by atomic mass is 32.2. The minimum atomic E-state index is 0.674. The molecule has 0 saturated heterocycles. The van der Waals surface area contributed by atoms with Gasteiger partial charge in [-0.25, -0.2) is 0 Å². The minimum Gasteiger partial charge on any atom is -0.274 e. The van der Waals surface area contributed by atoms with Gasteiger partial charge in [0.15, 0.2) is 0 Å². The Morgan fingerprint density at radius 2 is 1.77 bits per heavy atom. The maximum absolute atomic E-state index is 5.60. The van der Waals surface area contributed by atoms with Gasteiger partial charge in [-0.2, -0.15) is 0 Å². The molecule has 0 aromatic carbocycles. The summed E-state index contributed by atoms with van der Waals surface area (Å²) in [5, 5.41) is 7.63. The smallest absolute Gasteiger partial charge is 0.0136 e. The number of allylic oxidation sites excluding steroid dienone is 4. The Hall–Kier alpha value is -0.470. The normalized spacial score (nSPS) is 14.2. The Balaban J connectivity index is 4.95. The maximum atomic E-state index is 5.60. The molecule has 0 radical (unpaired) electrons. The molecule has 1 atom stereocenters. The van der Waals surface area contributed by atoms with E-state index in [1.54, 1.807) is 5.57 Å². The van der Waals surface area contributed by atoms with Crippen LogP contribution in [0.2, 0.25) is 0 Å². The molecule has 0 aromatic heterocycles. The Bertz CT molecular complexity index is 355. The second kappa shape index (κ2) is 14.1. The average molecular weight is 324 g/mol. The lowest BCUT2D eigenvalue weighted by molar-refractivity contribution is 0.594. The molecular formula is C20H37NS. The van der Waals surface area contributed by atoms with Gasteiger partial charge in [0.1, 0.15) is 0 Å². The highest BCUT2D eigenvalue weighted by Crippen LogP contribution is 2.28. The van der Waals surface area contributed by atoms with E-state index in [9.17, 15) is 0 Å². The summed E-state index contributed by atoms with van der Waals surface area (Å²) in [5.41, 5.74) is 4.57. The van der Waals surface area contributed by atoms with Crippen molar-refractivity contribution in [2.75, 3.05) is 0 Å². The van der Waals surface area contributed by atoms with Crippen molar-refractivity contribution in [3.63, 3.8) is 0 Å². The molecule has 0 spiro atoms. The Kier molecular flexibility index (Phi) is 13.8. The van der Waals surface area contributed by atoms with Crippen molar-refractivity contribution in [3.8, 4) is 0 Å². The molecule has 128 valence electrons. The van der Waals surface area contributed by atoms with Crippen molar-refractivity contribution in [2.45, 2.75) is 85.5 Å². The van der Waals surface area contributed by atoms with Crippen LogP contribution in [-0.4, -0.2) is 0 Å². The first kappa shape index (κ1) is 21.5. The maximum Gasteiger partial charge on any atom is -0.0136 e. The molecule has 0 aromatic rings. The van der Waals surface area contributed by atoms with Gasteiger partial charge in [0, 0.05) is 0 Å². The highest BCUT2D eigenvalue weighted by molar-refractivity contribution is 7.99. The fourth-order valence-electron chi connectivity index (χ4n) is 2.82. The molecule has 0 bridgehead atoms. The second-order valence-electron chi connectivity index (χ2n) is 6.26. The lowest BCUT2D eigenvalue weighted by atomic mass is 9.87. The monoisotopic (exact) mass is 323 g/mol. The Morgan fingerprint density at radius 1 is 1.05 bits per heavy atom. The molecule has 2 N–H and O–H groups in total. The number of nitrogens with two attached hydrogens (primary N) is 1. The second-order valence-corrected chi connectivity index (χ2v) is 6.80. The summed E-state index contributed by atoms with van der Waals surface area (Å²) in [6.07, 6.45) is 13.1. The van der Waals surface area contributed by atoms with Gasteiger partial charge in [-0.15, -0.1) is 0 Å². The summed E-state index contributed by atoms with van der Waals surface area (Å²) in [5.74, 6) is 0.674. The van der Waals surface area contributed by atoms with Gasteiger partial charge in [0.25, 0.3) is 0 Å². The van der Waals surface area contributed by atoms with Crippen LogP contribution in [0.1, 0.15) is 85.5 Å². The fourth-order valence-corrected chi connectivity index (χ4v) is 3.06. The van der Waals surface area contributed by atoms with Gasteiger partial charge in [-0.05, 0) is 61.8 Å². The molecule has 1 unspecified atom stereocenters. The zero-order valence-electron chi connectivity index (χ0n) is 15.3. The molecule has 2 heteroatoms. The summed E-state index contributed by atoms with van der Waals surface area (Å²) in [6.45, 7) is 13.3. The van der Waals surface area contributed by atoms with Crippen molar-refractivity contribution in [1.29, 1.82) is 0 Å². The molecule has 0 saturated carbocycles. The van der Waals surface area contributed by atoms with Crippen LogP contribution < -0.4 is 5.14 Å². The van der Waals surface area contributed by atoms with E-state index in [1.807, 2.05) is 5.41 Å². The summed E-state index contributed by atoms with van der Waals surface area (Å²) in [7, 11) is 0. The van der Waals surface area contributed by atoms with E-state index >= 15 is 0 Å². The van der Waals surface area contributed by atoms with Gasteiger partial charge in [0.2, 0.25) is 0 Å². The van der Waals surface area contributed by atoms with Crippen LogP contribution >= 0.6 is 11.9 Å². The number of hydrogen-bond acceptors (Lipinski definition) is 2. The van der Waals surface area contributed by atoms with E-state index in [4.69, 9.17) is 5.14 Å². The molecule has 0 fully saturated rings. The first-order valence-electron chi connectivity index (χ1n) is 9.01. The molecule has 1 nitrogen and oxygen atoms in total. The van der Waals surface area contributed by atoms with E-state index in [0.29, 0.717) is 5.92 Å². The lowest BCUT2D eigenvalue weighted by Crippen LogP contribution is -2.03. The fraction of sp³-hybridized carbons (Fsp3) is 0.700. The van der Waals surface area contributed by atoms with E-state index in [-0.39, 0.29) is 0 Å². The first-order valence-corrected chi connectivity index (χ1v) is 9.95. The van der Waals surface area contributed by atoms with Crippen molar-refractivity contribution < 1.29 is 0 Å². The van der Waals surface area contributed by atoms with Crippen LogP contribution in [-0.2, 0) is 0 Å². The molecule has 0 heterocycles. The predicted octanol–water partition coefficient (Wildman–Crippen LogP) is 7.17. The standard InChI is InChI=1S/C20H37NS/c1-6-9-14-20(18(5)8-3)19(15-16-22-21)13-10-12-17(4)11-7-2/h15-16,18H,4,6-14,21H2,1-3,5H3/b16-15-,20-19+. The first-order chi connectivity index (χ1) is 10.6. The largest absolute Gasteiger partial charge is 0.274 e. The molecular weight excluding hydrogens is 286 g/mol. The van der Waals surface area contributed by atoms with Crippen molar-refractivity contribution >= 4 is 11.9 Å². The van der Waals surface area contributed by atoms with Gasteiger partial charge < -0.3 is 0 Å². The molecule has 0 amide bonds. The van der Waals surface area contributed by atoms with Gasteiger partial charge in [-0.3, -0.25) is 5.14 Å². The SMILES string of the molecule is C=C(CCC)CCCC(/C=C\SN)=C(/CCCC)C(C)CC. The van der Waals surface area contributed by atoms with E-state index in [1.165, 1.54) is 68.0 Å². The van der Waals surface area contributed by atoms with Gasteiger partial charge >= 0.3 is 0 Å². The quantitative estimate of drug-likeness (QED) is 0.221. The summed E-state index contributed by atoms with van der Waals surface area (Å²) in [6, 6.07) is 0. The third-order valence-corrected chi connectivity index (χ3v) is 4.64. The predicted molar refractivity (Wildman–Crippen MR) is 105 cm³/mol. The number of unbranched alkanes of at least 4 members (excludes halogenated alkanes) is 1. The Morgan fingerprint density at radius 3 is 2.32 bits per heavy atom. The topological polar surface area (TPSA) is 26.0 Å². The summed E-state index contributed by atoms with van der Waals surface area (Å²) >= 11 is 1.31. The Labute approximate surface area is 143 Å². The van der Waals surface area contributed by atoms with Gasteiger partial charge in [0.05, 0.1) is 0 Å². The van der Waals surface area contributed by atoms with Crippen molar-refractivity contribution in [3.05, 3.63) is 34.8 Å². The van der Waals surface area contributed by atoms with Crippen LogP contribution in [0.25, 0.3) is 0 Å². The number of rotatable bonds is 13. The molecule has 0 aliphatic rings. The van der Waals surface area contributed by atoms with E-state index in [0.717, 1.165) is 12.8 Å². The minimum absolute atomic E-state index is 0.674. The highest BCUT2D eigenvalue weighted by Gasteiger charge is 2.11. The van der Waals surface area contributed by atoms with Crippen LogP contribution in [0.4, 0.5) is 0 Å². The third-order valence-electron chi connectivity index (χ3n) is 4.35. The van der Waals surface area contributed by atoms with Gasteiger partial charge in [-0.1, -0.05) is 76.3 Å². The summed E-state index contributed by atoms with van der Waals surface area (Å²) < 4.78 is 0. The van der Waals surface area contributed by atoms with Crippen LogP contribution in [0.5, 0.6) is 0 Å². The average Bonchev–Trinajstić information content (AvgIpc) is 2.51. The van der Waals surface area contributed by atoms with Crippen LogP contribution in [0.15, 0.2) is 34.8 Å². The van der Waals surface area contributed by atoms with Crippen molar-refractivity contribution in [1.82, 2.24) is 0 Å². The van der Waals surface area contributed by atoms with Crippen LogP contribution in [0.3, 0.4) is 0 Å².